The smallest absolute Gasteiger partial charge is 0.222 e. The number of nitrogen functional groups attached to an aromatic ring is 1. The Labute approximate surface area is 143 Å². The first-order valence-corrected chi connectivity index (χ1v) is 7.95. The van der Waals surface area contributed by atoms with Crippen LogP contribution in [0, 0.1) is 5.82 Å². The topological polar surface area (TPSA) is 90.1 Å². The lowest BCUT2D eigenvalue weighted by Gasteiger charge is -2.23. The van der Waals surface area contributed by atoms with Crippen LogP contribution in [0.1, 0.15) is 25.7 Å². The number of halogens is 2. The Balaban J connectivity index is 1.86. The molecule has 1 heterocycles. The van der Waals surface area contributed by atoms with Gasteiger partial charge in [-0.25, -0.2) is 9.37 Å². The normalized spacial score (nSPS) is 17.6. The lowest BCUT2D eigenvalue weighted by molar-refractivity contribution is -0.121. The van der Waals surface area contributed by atoms with Crippen molar-refractivity contribution in [3.8, 4) is 11.5 Å². The quantitative estimate of drug-likeness (QED) is 0.876. The van der Waals surface area contributed by atoms with Crippen molar-refractivity contribution in [2.24, 2.45) is 0 Å². The van der Waals surface area contributed by atoms with Gasteiger partial charge in [0.2, 0.25) is 5.95 Å². The molecule has 2 aromatic rings. The summed E-state index contributed by atoms with van der Waals surface area (Å²) in [4.78, 5) is 20.0. The van der Waals surface area contributed by atoms with E-state index < -0.39 is 5.82 Å². The first-order chi connectivity index (χ1) is 11.5. The number of nitrogens with zero attached hydrogens (tertiary/aromatic N) is 2. The third-order valence-electron chi connectivity index (χ3n) is 3.75. The number of nitrogens with one attached hydrogen (secondary N) is 1. The van der Waals surface area contributed by atoms with Crippen molar-refractivity contribution in [2.45, 2.75) is 31.7 Å². The van der Waals surface area contributed by atoms with Crippen LogP contribution >= 0.6 is 11.6 Å². The van der Waals surface area contributed by atoms with Crippen LogP contribution in [0.5, 0.6) is 11.5 Å². The van der Waals surface area contributed by atoms with Crippen molar-refractivity contribution in [2.75, 3.05) is 11.1 Å². The molecule has 0 radical (unpaired) electrons. The second-order valence-electron chi connectivity index (χ2n) is 5.53. The number of carbonyl (C=O) groups is 1. The lowest BCUT2D eigenvalue weighted by Crippen LogP contribution is -2.32. The Morgan fingerprint density at radius 2 is 2.17 bits per heavy atom. The minimum absolute atomic E-state index is 0.0540. The van der Waals surface area contributed by atoms with Gasteiger partial charge in [-0.05, 0) is 31.0 Å². The first kappa shape index (κ1) is 16.4. The van der Waals surface area contributed by atoms with Crippen molar-refractivity contribution < 1.29 is 13.9 Å². The molecule has 3 N–H and O–H groups in total. The molecule has 126 valence electrons. The molecule has 6 nitrogen and oxygen atoms in total. The molecule has 0 aliphatic heterocycles. The highest BCUT2D eigenvalue weighted by Gasteiger charge is 2.24. The Morgan fingerprint density at radius 1 is 1.33 bits per heavy atom. The van der Waals surface area contributed by atoms with E-state index in [9.17, 15) is 9.18 Å². The number of aromatic nitrogens is 2. The van der Waals surface area contributed by atoms with Crippen LogP contribution in [0.4, 0.5) is 16.2 Å². The fourth-order valence-electron chi connectivity index (χ4n) is 2.54. The second-order valence-corrected chi connectivity index (χ2v) is 5.93. The van der Waals surface area contributed by atoms with Gasteiger partial charge in [0.25, 0.3) is 0 Å². The molecule has 1 aromatic heterocycles. The summed E-state index contributed by atoms with van der Waals surface area (Å²) >= 11 is 5.97. The van der Waals surface area contributed by atoms with Gasteiger partial charge in [-0.1, -0.05) is 18.0 Å². The molecule has 8 heteroatoms. The summed E-state index contributed by atoms with van der Waals surface area (Å²) in [6.45, 7) is 0. The van der Waals surface area contributed by atoms with E-state index in [0.717, 1.165) is 25.3 Å². The second kappa shape index (κ2) is 7.00. The average molecular weight is 351 g/mol. The fourth-order valence-corrected chi connectivity index (χ4v) is 2.75. The zero-order valence-electron chi connectivity index (χ0n) is 12.8. The molecule has 0 spiro atoms. The maximum absolute atomic E-state index is 13.1. The van der Waals surface area contributed by atoms with Crippen LogP contribution < -0.4 is 15.8 Å². The third-order valence-corrected chi connectivity index (χ3v) is 4.05. The molecule has 1 atom stereocenters. The van der Waals surface area contributed by atoms with Crippen LogP contribution in [0.3, 0.4) is 0 Å². The maximum Gasteiger partial charge on any atom is 0.222 e. The summed E-state index contributed by atoms with van der Waals surface area (Å²) in [7, 11) is 0. The molecule has 0 amide bonds. The summed E-state index contributed by atoms with van der Waals surface area (Å²) in [6, 6.07) is 3.45. The monoisotopic (exact) mass is 350 g/mol. The molecule has 0 saturated heterocycles. The summed E-state index contributed by atoms with van der Waals surface area (Å²) in [5, 5.41) is 3.19. The van der Waals surface area contributed by atoms with Crippen molar-refractivity contribution >= 4 is 29.2 Å². The number of ether oxygens (including phenoxy) is 1. The highest BCUT2D eigenvalue weighted by Crippen LogP contribution is 2.34. The highest BCUT2D eigenvalue weighted by atomic mass is 35.5. The van der Waals surface area contributed by atoms with Crippen LogP contribution in [0.25, 0.3) is 0 Å². The number of Topliss-reactive ketones (excluding diaryl/α,β-unsaturated/α-hetero) is 1. The lowest BCUT2D eigenvalue weighted by atomic mass is 9.94. The Morgan fingerprint density at radius 3 is 2.92 bits per heavy atom. The molecule has 3 rings (SSSR count). The van der Waals surface area contributed by atoms with E-state index in [1.807, 2.05) is 0 Å². The highest BCUT2D eigenvalue weighted by molar-refractivity contribution is 6.32. The molecule has 24 heavy (non-hydrogen) atoms. The predicted molar refractivity (Wildman–Crippen MR) is 88.8 cm³/mol. The minimum atomic E-state index is -0.466. The van der Waals surface area contributed by atoms with Crippen molar-refractivity contribution in [1.29, 1.82) is 0 Å². The molecular weight excluding hydrogens is 335 g/mol. The molecule has 1 saturated carbocycles. The van der Waals surface area contributed by atoms with Crippen LogP contribution in [-0.2, 0) is 4.79 Å². The van der Waals surface area contributed by atoms with Gasteiger partial charge in [-0.15, -0.1) is 0 Å². The summed E-state index contributed by atoms with van der Waals surface area (Å²) in [5.41, 5.74) is 5.63. The summed E-state index contributed by atoms with van der Waals surface area (Å²) < 4.78 is 18.8. The van der Waals surface area contributed by atoms with E-state index in [1.165, 1.54) is 18.3 Å². The molecule has 1 aliphatic rings. The number of rotatable bonds is 4. The number of hydrogen-bond acceptors (Lipinski definition) is 6. The van der Waals surface area contributed by atoms with Gasteiger partial charge in [0.1, 0.15) is 11.6 Å². The van der Waals surface area contributed by atoms with Crippen LogP contribution in [0.2, 0.25) is 5.02 Å². The predicted octanol–water partition coefficient (Wildman–Crippen LogP) is 3.57. The number of nitrogens with two attached hydrogens (primary N) is 1. The Kier molecular flexibility index (Phi) is 4.80. The van der Waals surface area contributed by atoms with E-state index in [0.29, 0.717) is 12.2 Å². The standard InChI is InChI=1S/C16H16ClFN4O2/c17-10-7-9(18)5-6-13(10)24-14-8-20-16(19)22-15(14)21-11-3-1-2-4-12(11)23/h5-8,11H,1-4H2,(H3,19,20,21,22). The van der Waals surface area contributed by atoms with Crippen LogP contribution in [-0.4, -0.2) is 21.8 Å². The number of hydrogen-bond donors (Lipinski definition) is 2. The van der Waals surface area contributed by atoms with Gasteiger partial charge in [0.05, 0.1) is 17.3 Å². The van der Waals surface area contributed by atoms with Crippen LogP contribution in [0.15, 0.2) is 24.4 Å². The molecule has 1 unspecified atom stereocenters. The number of benzene rings is 1. The summed E-state index contributed by atoms with van der Waals surface area (Å²) in [5.74, 6) is 0.540. The summed E-state index contributed by atoms with van der Waals surface area (Å²) in [6.07, 6.45) is 4.51. The fraction of sp³-hybridized carbons (Fsp3) is 0.312. The Hall–Kier alpha value is -2.41. The zero-order valence-corrected chi connectivity index (χ0v) is 13.5. The molecule has 1 aromatic carbocycles. The van der Waals surface area contributed by atoms with Gasteiger partial charge >= 0.3 is 0 Å². The number of ketones is 1. The van der Waals surface area contributed by atoms with Crippen molar-refractivity contribution in [3.05, 3.63) is 35.2 Å². The van der Waals surface area contributed by atoms with Gasteiger partial charge in [0, 0.05) is 6.42 Å². The molecule has 0 bridgehead atoms. The van der Waals surface area contributed by atoms with Gasteiger partial charge in [-0.3, -0.25) is 4.79 Å². The average Bonchev–Trinajstić information content (AvgIpc) is 2.54. The van der Waals surface area contributed by atoms with E-state index >= 15 is 0 Å². The largest absolute Gasteiger partial charge is 0.450 e. The molecular formula is C16H16ClFN4O2. The Bertz CT molecular complexity index is 772. The molecule has 1 fully saturated rings. The van der Waals surface area contributed by atoms with E-state index in [1.54, 1.807) is 0 Å². The third kappa shape index (κ3) is 3.73. The van der Waals surface area contributed by atoms with Crippen molar-refractivity contribution in [3.63, 3.8) is 0 Å². The minimum Gasteiger partial charge on any atom is -0.450 e. The number of carbonyl (C=O) groups excluding carboxylic acids is 1. The van der Waals surface area contributed by atoms with E-state index in [4.69, 9.17) is 22.1 Å². The SMILES string of the molecule is Nc1ncc(Oc2ccc(F)cc2Cl)c(NC2CCCCC2=O)n1. The van der Waals surface area contributed by atoms with E-state index in [-0.39, 0.29) is 34.3 Å². The van der Waals surface area contributed by atoms with E-state index in [2.05, 4.69) is 15.3 Å². The first-order valence-electron chi connectivity index (χ1n) is 7.57. The van der Waals surface area contributed by atoms with Gasteiger partial charge in [0.15, 0.2) is 17.4 Å². The maximum atomic E-state index is 13.1. The van der Waals surface area contributed by atoms with Gasteiger partial charge < -0.3 is 15.8 Å². The zero-order chi connectivity index (χ0) is 17.1. The molecule has 1 aliphatic carbocycles. The van der Waals surface area contributed by atoms with Gasteiger partial charge in [-0.2, -0.15) is 4.98 Å². The number of anilines is 2. The van der Waals surface area contributed by atoms with Crippen molar-refractivity contribution in [1.82, 2.24) is 9.97 Å².